The second kappa shape index (κ2) is 10.9. The third-order valence-electron chi connectivity index (χ3n) is 3.28. The number of ether oxygens (including phenoxy) is 2. The van der Waals surface area contributed by atoms with E-state index in [1.165, 1.54) is 12.8 Å². The largest absolute Gasteiger partial charge is 0.383 e. The maximum absolute atomic E-state index is 5.82. The van der Waals surface area contributed by atoms with Gasteiger partial charge in [0.1, 0.15) is 0 Å². The van der Waals surface area contributed by atoms with Crippen LogP contribution in [0.2, 0.25) is 0 Å². The molecule has 6 heteroatoms. The second-order valence-electron chi connectivity index (χ2n) is 5.00. The van der Waals surface area contributed by atoms with Gasteiger partial charge in [0.25, 0.3) is 0 Å². The maximum Gasteiger partial charge on any atom is 0.188 e. The summed E-state index contributed by atoms with van der Waals surface area (Å²) >= 11 is 0. The summed E-state index contributed by atoms with van der Waals surface area (Å²) in [6, 6.07) is 0.747. The number of methoxy groups -OCH3 is 1. The van der Waals surface area contributed by atoms with E-state index in [-0.39, 0.29) is 0 Å². The monoisotopic (exact) mass is 286 g/mol. The third kappa shape index (κ3) is 8.35. The van der Waals surface area contributed by atoms with Crippen LogP contribution < -0.4 is 11.1 Å². The maximum atomic E-state index is 5.82. The fourth-order valence-electron chi connectivity index (χ4n) is 2.02. The van der Waals surface area contributed by atoms with E-state index < -0.39 is 0 Å². The topological polar surface area (TPSA) is 72.1 Å². The summed E-state index contributed by atoms with van der Waals surface area (Å²) in [6.07, 6.45) is 3.54. The molecule has 1 aliphatic carbocycles. The molecule has 0 aromatic rings. The van der Waals surface area contributed by atoms with E-state index in [4.69, 9.17) is 15.2 Å². The Hall–Kier alpha value is -0.850. The summed E-state index contributed by atoms with van der Waals surface area (Å²) in [7, 11) is 1.75. The lowest BCUT2D eigenvalue weighted by Gasteiger charge is -2.21. The van der Waals surface area contributed by atoms with Crippen molar-refractivity contribution < 1.29 is 9.47 Å². The smallest absolute Gasteiger partial charge is 0.188 e. The van der Waals surface area contributed by atoms with Crippen molar-refractivity contribution in [1.82, 2.24) is 10.2 Å². The lowest BCUT2D eigenvalue weighted by molar-refractivity contribution is 0.144. The number of hydrogen-bond donors (Lipinski definition) is 2. The Morgan fingerprint density at radius 3 is 2.80 bits per heavy atom. The number of nitrogens with one attached hydrogen (secondary N) is 1. The van der Waals surface area contributed by atoms with Crippen LogP contribution in [-0.2, 0) is 9.47 Å². The molecule has 0 bridgehead atoms. The Morgan fingerprint density at radius 1 is 1.35 bits per heavy atom. The van der Waals surface area contributed by atoms with Gasteiger partial charge in [0.2, 0.25) is 0 Å². The first-order chi connectivity index (χ1) is 9.77. The molecule has 1 fully saturated rings. The van der Waals surface area contributed by atoms with Crippen LogP contribution in [0.1, 0.15) is 26.2 Å². The number of aliphatic imine (C=N–C) groups is 1. The Balaban J connectivity index is 2.06. The summed E-state index contributed by atoms with van der Waals surface area (Å²) in [5.41, 5.74) is 5.82. The van der Waals surface area contributed by atoms with Gasteiger partial charge in [-0.1, -0.05) is 0 Å². The molecule has 1 rings (SSSR count). The van der Waals surface area contributed by atoms with Gasteiger partial charge in [-0.05, 0) is 26.2 Å². The van der Waals surface area contributed by atoms with Crippen LogP contribution in [0.4, 0.5) is 0 Å². The van der Waals surface area contributed by atoms with Crippen molar-refractivity contribution in [3.05, 3.63) is 0 Å². The molecule has 20 heavy (non-hydrogen) atoms. The molecule has 0 aromatic carbocycles. The summed E-state index contributed by atoms with van der Waals surface area (Å²) < 4.78 is 10.4. The van der Waals surface area contributed by atoms with Gasteiger partial charge in [0.05, 0.1) is 6.61 Å². The predicted octanol–water partition coefficient (Wildman–Crippen LogP) is 0.428. The van der Waals surface area contributed by atoms with Crippen molar-refractivity contribution in [3.63, 3.8) is 0 Å². The lowest BCUT2D eigenvalue weighted by Crippen LogP contribution is -2.40. The van der Waals surface area contributed by atoms with Gasteiger partial charge in [-0.15, -0.1) is 0 Å². The third-order valence-corrected chi connectivity index (χ3v) is 3.28. The Morgan fingerprint density at radius 2 is 2.15 bits per heavy atom. The highest BCUT2D eigenvalue weighted by atomic mass is 16.5. The summed E-state index contributed by atoms with van der Waals surface area (Å²) in [5, 5.41) is 3.17. The van der Waals surface area contributed by atoms with Crippen molar-refractivity contribution in [2.45, 2.75) is 32.2 Å². The SMILES string of the molecule is CCOCCCN=C(N)NCCN(CCOC)C1CC1. The molecule has 0 aliphatic heterocycles. The molecule has 1 aliphatic rings. The van der Waals surface area contributed by atoms with Crippen molar-refractivity contribution in [3.8, 4) is 0 Å². The highest BCUT2D eigenvalue weighted by Gasteiger charge is 2.27. The van der Waals surface area contributed by atoms with E-state index in [9.17, 15) is 0 Å². The van der Waals surface area contributed by atoms with Gasteiger partial charge in [0, 0.05) is 52.5 Å². The van der Waals surface area contributed by atoms with E-state index in [1.54, 1.807) is 7.11 Å². The number of hydrogen-bond acceptors (Lipinski definition) is 4. The van der Waals surface area contributed by atoms with Crippen molar-refractivity contribution in [1.29, 1.82) is 0 Å². The molecule has 1 saturated carbocycles. The molecule has 118 valence electrons. The molecular formula is C14H30N4O2. The molecule has 0 unspecified atom stereocenters. The van der Waals surface area contributed by atoms with Gasteiger partial charge in [-0.25, -0.2) is 0 Å². The van der Waals surface area contributed by atoms with E-state index in [0.717, 1.165) is 58.5 Å². The summed E-state index contributed by atoms with van der Waals surface area (Å²) in [5.74, 6) is 0.531. The van der Waals surface area contributed by atoms with Gasteiger partial charge in [-0.2, -0.15) is 0 Å². The van der Waals surface area contributed by atoms with Gasteiger partial charge in [-0.3, -0.25) is 9.89 Å². The van der Waals surface area contributed by atoms with Gasteiger partial charge in [0.15, 0.2) is 5.96 Å². The average molecular weight is 286 g/mol. The summed E-state index contributed by atoms with van der Waals surface area (Å²) in [6.45, 7) is 7.83. The predicted molar refractivity (Wildman–Crippen MR) is 82.1 cm³/mol. The first-order valence-corrected chi connectivity index (χ1v) is 7.62. The van der Waals surface area contributed by atoms with Crippen LogP contribution in [0, 0.1) is 0 Å². The van der Waals surface area contributed by atoms with E-state index in [1.807, 2.05) is 6.92 Å². The van der Waals surface area contributed by atoms with Gasteiger partial charge >= 0.3 is 0 Å². The highest BCUT2D eigenvalue weighted by molar-refractivity contribution is 5.77. The van der Waals surface area contributed by atoms with Crippen molar-refractivity contribution in [2.24, 2.45) is 10.7 Å². The van der Waals surface area contributed by atoms with E-state index in [0.29, 0.717) is 5.96 Å². The first kappa shape index (κ1) is 17.2. The molecule has 0 saturated heterocycles. The Kier molecular flexibility index (Phi) is 9.36. The average Bonchev–Trinajstić information content (AvgIpc) is 3.27. The number of nitrogens with two attached hydrogens (primary N) is 1. The molecule has 0 spiro atoms. The minimum atomic E-state index is 0.531. The van der Waals surface area contributed by atoms with Crippen LogP contribution >= 0.6 is 0 Å². The Labute approximate surface area is 122 Å². The highest BCUT2D eigenvalue weighted by Crippen LogP contribution is 2.25. The first-order valence-electron chi connectivity index (χ1n) is 7.62. The zero-order valence-corrected chi connectivity index (χ0v) is 12.9. The quantitative estimate of drug-likeness (QED) is 0.309. The number of nitrogens with zero attached hydrogens (tertiary/aromatic N) is 2. The van der Waals surface area contributed by atoms with E-state index >= 15 is 0 Å². The standard InChI is InChI=1S/C14H30N4O2/c1-3-20-11-4-7-16-14(15)17-8-9-18(10-12-19-2)13-5-6-13/h13H,3-12H2,1-2H3,(H3,15,16,17). The van der Waals surface area contributed by atoms with Gasteiger partial charge < -0.3 is 20.5 Å². The van der Waals surface area contributed by atoms with Crippen LogP contribution in [0.25, 0.3) is 0 Å². The molecule has 0 atom stereocenters. The zero-order valence-electron chi connectivity index (χ0n) is 12.9. The molecule has 6 nitrogen and oxygen atoms in total. The Bertz CT molecular complexity index is 270. The lowest BCUT2D eigenvalue weighted by atomic mass is 10.4. The second-order valence-corrected chi connectivity index (χ2v) is 5.00. The van der Waals surface area contributed by atoms with Crippen molar-refractivity contribution in [2.75, 3.05) is 53.1 Å². The molecule has 0 aromatic heterocycles. The minimum absolute atomic E-state index is 0.531. The molecule has 3 N–H and O–H groups in total. The van der Waals surface area contributed by atoms with Crippen LogP contribution in [0.15, 0.2) is 4.99 Å². The molecule has 0 radical (unpaired) electrons. The van der Waals surface area contributed by atoms with Crippen molar-refractivity contribution >= 4 is 5.96 Å². The molecular weight excluding hydrogens is 256 g/mol. The van der Waals surface area contributed by atoms with Crippen LogP contribution in [0.5, 0.6) is 0 Å². The summed E-state index contributed by atoms with van der Waals surface area (Å²) in [4.78, 5) is 6.73. The molecule has 0 heterocycles. The normalized spacial score (nSPS) is 15.8. The molecule has 0 amide bonds. The van der Waals surface area contributed by atoms with Crippen LogP contribution in [-0.4, -0.2) is 70.0 Å². The minimum Gasteiger partial charge on any atom is -0.383 e. The number of rotatable bonds is 12. The zero-order chi connectivity index (χ0) is 14.6. The van der Waals surface area contributed by atoms with E-state index in [2.05, 4.69) is 15.2 Å². The van der Waals surface area contributed by atoms with Crippen LogP contribution in [0.3, 0.4) is 0 Å². The fourth-order valence-corrected chi connectivity index (χ4v) is 2.02. The number of guanidine groups is 1. The fraction of sp³-hybridized carbons (Fsp3) is 0.929.